The summed E-state index contributed by atoms with van der Waals surface area (Å²) in [4.78, 5) is 25.9. The highest BCUT2D eigenvalue weighted by atomic mass is 16.2. The molecule has 2 saturated carbocycles. The zero-order valence-corrected chi connectivity index (χ0v) is 10.9. The van der Waals surface area contributed by atoms with Crippen LogP contribution in [-0.2, 0) is 9.59 Å². The third-order valence-electron chi connectivity index (χ3n) is 4.78. The molecule has 0 aromatic rings. The monoisotopic (exact) mass is 250 g/mol. The van der Waals surface area contributed by atoms with Gasteiger partial charge in [-0.1, -0.05) is 12.8 Å². The van der Waals surface area contributed by atoms with Gasteiger partial charge in [-0.3, -0.25) is 9.59 Å². The van der Waals surface area contributed by atoms with Crippen LogP contribution in [0.25, 0.3) is 0 Å². The number of carbonyl (C=O) groups excluding carboxylic acids is 2. The quantitative estimate of drug-likeness (QED) is 0.821. The summed E-state index contributed by atoms with van der Waals surface area (Å²) in [6.07, 6.45) is 7.54. The summed E-state index contributed by atoms with van der Waals surface area (Å²) in [6.45, 7) is 1.55. The molecular formula is C14H22N2O2. The van der Waals surface area contributed by atoms with Crippen LogP contribution in [0.2, 0.25) is 0 Å². The summed E-state index contributed by atoms with van der Waals surface area (Å²) in [5.41, 5.74) is 0. The van der Waals surface area contributed by atoms with E-state index in [1.165, 1.54) is 12.8 Å². The van der Waals surface area contributed by atoms with Crippen molar-refractivity contribution < 1.29 is 9.59 Å². The summed E-state index contributed by atoms with van der Waals surface area (Å²) in [6, 6.07) is 0.196. The van der Waals surface area contributed by atoms with Crippen molar-refractivity contribution in [2.75, 3.05) is 13.1 Å². The van der Waals surface area contributed by atoms with Crippen molar-refractivity contribution in [1.82, 2.24) is 10.2 Å². The van der Waals surface area contributed by atoms with Crippen LogP contribution in [-0.4, -0.2) is 35.8 Å². The molecular weight excluding hydrogens is 228 g/mol. The van der Waals surface area contributed by atoms with E-state index < -0.39 is 0 Å². The largest absolute Gasteiger partial charge is 0.351 e. The van der Waals surface area contributed by atoms with E-state index in [9.17, 15) is 9.59 Å². The Morgan fingerprint density at radius 3 is 2.17 bits per heavy atom. The first-order valence-corrected chi connectivity index (χ1v) is 7.33. The number of carbonyl (C=O) groups is 2. The van der Waals surface area contributed by atoms with Crippen molar-refractivity contribution in [2.24, 2.45) is 11.8 Å². The Hall–Kier alpha value is -1.06. The maximum Gasteiger partial charge on any atom is 0.225 e. The fourth-order valence-corrected chi connectivity index (χ4v) is 2.98. The Bertz CT molecular complexity index is 348. The molecule has 0 bridgehead atoms. The molecule has 4 heteroatoms. The SMILES string of the molecule is O=C(N[C@@H]1CCN(C(=O)C2CCC2)C1)C1CCC1. The van der Waals surface area contributed by atoms with Crippen LogP contribution >= 0.6 is 0 Å². The molecule has 0 spiro atoms. The van der Waals surface area contributed by atoms with Gasteiger partial charge in [0.1, 0.15) is 0 Å². The highest BCUT2D eigenvalue weighted by Crippen LogP contribution is 2.30. The summed E-state index contributed by atoms with van der Waals surface area (Å²) >= 11 is 0. The van der Waals surface area contributed by atoms with Crippen LogP contribution in [0.1, 0.15) is 44.9 Å². The number of hydrogen-bond donors (Lipinski definition) is 1. The van der Waals surface area contributed by atoms with E-state index in [4.69, 9.17) is 0 Å². The van der Waals surface area contributed by atoms with Gasteiger partial charge >= 0.3 is 0 Å². The zero-order chi connectivity index (χ0) is 12.5. The van der Waals surface area contributed by atoms with Crippen molar-refractivity contribution >= 4 is 11.8 Å². The molecule has 2 amide bonds. The topological polar surface area (TPSA) is 49.4 Å². The third kappa shape index (κ3) is 2.25. The summed E-state index contributed by atoms with van der Waals surface area (Å²) in [5.74, 6) is 1.07. The van der Waals surface area contributed by atoms with Crippen molar-refractivity contribution in [3.8, 4) is 0 Å². The second-order valence-corrected chi connectivity index (χ2v) is 6.03. The number of likely N-dealkylation sites (tertiary alicyclic amines) is 1. The minimum atomic E-state index is 0.196. The van der Waals surface area contributed by atoms with Crippen LogP contribution < -0.4 is 5.32 Å². The molecule has 0 aromatic heterocycles. The van der Waals surface area contributed by atoms with Gasteiger partial charge in [-0.15, -0.1) is 0 Å². The summed E-state index contributed by atoms with van der Waals surface area (Å²) < 4.78 is 0. The summed E-state index contributed by atoms with van der Waals surface area (Å²) in [5, 5.41) is 3.11. The molecule has 1 aliphatic heterocycles. The predicted octanol–water partition coefficient (Wildman–Crippen LogP) is 1.30. The standard InChI is InChI=1S/C14H22N2O2/c17-13(10-3-1-4-10)15-12-7-8-16(9-12)14(18)11-5-2-6-11/h10-12H,1-9H2,(H,15,17)/t12-/m1/s1. The minimum Gasteiger partial charge on any atom is -0.351 e. The van der Waals surface area contributed by atoms with Gasteiger partial charge in [-0.2, -0.15) is 0 Å². The van der Waals surface area contributed by atoms with E-state index in [0.29, 0.717) is 5.91 Å². The van der Waals surface area contributed by atoms with Gasteiger partial charge in [0.05, 0.1) is 0 Å². The molecule has 3 rings (SSSR count). The fourth-order valence-electron chi connectivity index (χ4n) is 2.98. The van der Waals surface area contributed by atoms with Gasteiger partial charge in [0, 0.05) is 31.0 Å². The lowest BCUT2D eigenvalue weighted by Crippen LogP contribution is -2.44. The van der Waals surface area contributed by atoms with E-state index >= 15 is 0 Å². The molecule has 3 fully saturated rings. The van der Waals surface area contributed by atoms with Crippen LogP contribution in [0.4, 0.5) is 0 Å². The molecule has 0 unspecified atom stereocenters. The van der Waals surface area contributed by atoms with Gasteiger partial charge in [0.2, 0.25) is 11.8 Å². The molecule has 1 heterocycles. The second-order valence-electron chi connectivity index (χ2n) is 6.03. The van der Waals surface area contributed by atoms with Gasteiger partial charge in [-0.05, 0) is 32.1 Å². The Morgan fingerprint density at radius 1 is 0.944 bits per heavy atom. The van der Waals surface area contributed by atoms with Crippen molar-refractivity contribution in [3.05, 3.63) is 0 Å². The van der Waals surface area contributed by atoms with E-state index in [1.54, 1.807) is 0 Å². The highest BCUT2D eigenvalue weighted by Gasteiger charge is 2.35. The van der Waals surface area contributed by atoms with E-state index in [-0.39, 0.29) is 23.8 Å². The van der Waals surface area contributed by atoms with Crippen LogP contribution in [0, 0.1) is 11.8 Å². The Labute approximate surface area is 108 Å². The first kappa shape index (κ1) is 12.0. The molecule has 18 heavy (non-hydrogen) atoms. The first-order valence-electron chi connectivity index (χ1n) is 7.33. The van der Waals surface area contributed by atoms with Crippen molar-refractivity contribution in [1.29, 1.82) is 0 Å². The third-order valence-corrected chi connectivity index (χ3v) is 4.78. The zero-order valence-electron chi connectivity index (χ0n) is 10.9. The molecule has 4 nitrogen and oxygen atoms in total. The van der Waals surface area contributed by atoms with Gasteiger partial charge < -0.3 is 10.2 Å². The van der Waals surface area contributed by atoms with Crippen molar-refractivity contribution in [2.45, 2.75) is 51.0 Å². The molecule has 0 aromatic carbocycles. The van der Waals surface area contributed by atoms with Crippen LogP contribution in [0.3, 0.4) is 0 Å². The maximum absolute atomic E-state index is 12.1. The van der Waals surface area contributed by atoms with Crippen LogP contribution in [0.15, 0.2) is 0 Å². The molecule has 1 atom stereocenters. The molecule has 0 radical (unpaired) electrons. The average Bonchev–Trinajstić information content (AvgIpc) is 2.60. The maximum atomic E-state index is 12.1. The molecule has 1 saturated heterocycles. The van der Waals surface area contributed by atoms with E-state index in [2.05, 4.69) is 5.32 Å². The van der Waals surface area contributed by atoms with Crippen LogP contribution in [0.5, 0.6) is 0 Å². The molecule has 2 aliphatic carbocycles. The number of nitrogens with zero attached hydrogens (tertiary/aromatic N) is 1. The molecule has 1 N–H and O–H groups in total. The number of amides is 2. The number of rotatable bonds is 3. The predicted molar refractivity (Wildman–Crippen MR) is 67.8 cm³/mol. The minimum absolute atomic E-state index is 0.196. The normalized spacial score (nSPS) is 28.7. The Balaban J connectivity index is 1.45. The molecule has 3 aliphatic rings. The fraction of sp³-hybridized carbons (Fsp3) is 0.857. The highest BCUT2D eigenvalue weighted by molar-refractivity contribution is 5.81. The van der Waals surface area contributed by atoms with E-state index in [1.807, 2.05) is 4.90 Å². The van der Waals surface area contributed by atoms with Gasteiger partial charge in [0.25, 0.3) is 0 Å². The first-order chi connectivity index (χ1) is 8.74. The number of nitrogens with one attached hydrogen (secondary N) is 1. The lowest BCUT2D eigenvalue weighted by Gasteiger charge is -2.29. The lowest BCUT2D eigenvalue weighted by atomic mass is 9.84. The summed E-state index contributed by atoms with van der Waals surface area (Å²) in [7, 11) is 0. The number of hydrogen-bond acceptors (Lipinski definition) is 2. The average molecular weight is 250 g/mol. The Morgan fingerprint density at radius 2 is 1.61 bits per heavy atom. The molecule has 100 valence electrons. The van der Waals surface area contributed by atoms with Gasteiger partial charge in [0.15, 0.2) is 0 Å². The lowest BCUT2D eigenvalue weighted by molar-refractivity contribution is -0.137. The Kier molecular flexibility index (Phi) is 3.27. The smallest absolute Gasteiger partial charge is 0.225 e. The van der Waals surface area contributed by atoms with Gasteiger partial charge in [-0.25, -0.2) is 0 Å². The second kappa shape index (κ2) is 4.90. The van der Waals surface area contributed by atoms with Crippen molar-refractivity contribution in [3.63, 3.8) is 0 Å². The van der Waals surface area contributed by atoms with E-state index in [0.717, 1.165) is 45.2 Å².